The minimum Gasteiger partial charge on any atom is -0.489 e. The van der Waals surface area contributed by atoms with Gasteiger partial charge < -0.3 is 30.4 Å². The lowest BCUT2D eigenvalue weighted by atomic mass is 10.1. The molecule has 0 radical (unpaired) electrons. The molecule has 4 amide bonds. The van der Waals surface area contributed by atoms with Crippen LogP contribution in [0.4, 0.5) is 0 Å². The van der Waals surface area contributed by atoms with E-state index in [1.54, 1.807) is 72.2 Å². The normalized spacial score (nSPS) is 17.0. The van der Waals surface area contributed by atoms with E-state index in [-0.39, 0.29) is 39.0 Å². The van der Waals surface area contributed by atoms with Crippen LogP contribution in [0.25, 0.3) is 0 Å². The molecule has 0 bridgehead atoms. The number of carbonyl (C=O) groups excluding carboxylic acids is 6. The quantitative estimate of drug-likeness (QED) is 0.103. The van der Waals surface area contributed by atoms with Gasteiger partial charge in [0.2, 0.25) is 23.6 Å². The summed E-state index contributed by atoms with van der Waals surface area (Å²) in [6, 6.07) is 30.9. The van der Waals surface area contributed by atoms with E-state index in [9.17, 15) is 28.8 Å². The second-order valence-corrected chi connectivity index (χ2v) is 15.4. The van der Waals surface area contributed by atoms with E-state index in [1.807, 2.05) is 60.7 Å². The predicted octanol–water partition coefficient (Wildman–Crippen LogP) is 2.40. The molecule has 4 aromatic rings. The average Bonchev–Trinajstić information content (AvgIpc) is 3.27. The van der Waals surface area contributed by atoms with Gasteiger partial charge in [-0.25, -0.2) is 9.80 Å². The Morgan fingerprint density at radius 3 is 1.15 bits per heavy atom. The summed E-state index contributed by atoms with van der Waals surface area (Å²) in [4.78, 5) is 83.0. The molecule has 0 aliphatic carbocycles. The second-order valence-electron chi connectivity index (χ2n) is 15.4. The van der Waals surface area contributed by atoms with Crippen molar-refractivity contribution in [3.8, 4) is 11.5 Å². The summed E-state index contributed by atoms with van der Waals surface area (Å²) in [5.41, 5.74) is 15.8. The Morgan fingerprint density at radius 1 is 0.500 bits per heavy atom. The third kappa shape index (κ3) is 12.3. The van der Waals surface area contributed by atoms with Gasteiger partial charge in [0, 0.05) is 12.1 Å². The fourth-order valence-electron chi connectivity index (χ4n) is 6.97. The Bertz CT molecular complexity index is 1980. The smallest absolute Gasteiger partial charge is 0.324 e. The van der Waals surface area contributed by atoms with Crippen molar-refractivity contribution in [1.82, 2.24) is 19.6 Å². The van der Waals surface area contributed by atoms with E-state index in [1.165, 1.54) is 0 Å². The fraction of sp³-hybridized carbons (Fsp3) is 0.348. The molecular weight excluding hydrogens is 797 g/mol. The van der Waals surface area contributed by atoms with Crippen LogP contribution in [0.1, 0.15) is 36.1 Å². The van der Waals surface area contributed by atoms with Gasteiger partial charge in [-0.2, -0.15) is 0 Å². The van der Waals surface area contributed by atoms with Crippen molar-refractivity contribution in [2.75, 3.05) is 39.6 Å². The highest BCUT2D eigenvalue weighted by Crippen LogP contribution is 2.20. The van der Waals surface area contributed by atoms with Gasteiger partial charge >= 0.3 is 11.9 Å². The number of amides is 4. The van der Waals surface area contributed by atoms with Crippen LogP contribution >= 0.6 is 0 Å². The molecule has 16 nitrogen and oxygen atoms in total. The lowest BCUT2D eigenvalue weighted by molar-refractivity contribution is -0.169. The van der Waals surface area contributed by atoms with E-state index in [0.29, 0.717) is 24.7 Å². The third-order valence-electron chi connectivity index (χ3n) is 10.9. The highest BCUT2D eigenvalue weighted by atomic mass is 16.6. The van der Waals surface area contributed by atoms with E-state index in [2.05, 4.69) is 0 Å². The van der Waals surface area contributed by atoms with Crippen LogP contribution in [0.5, 0.6) is 11.5 Å². The molecule has 0 spiro atoms. The first-order valence-electron chi connectivity index (χ1n) is 20.3. The number of nitrogens with two attached hydrogens (primary N) is 2. The first-order chi connectivity index (χ1) is 29.8. The number of ether oxygens (including phenoxy) is 4. The fourth-order valence-corrected chi connectivity index (χ4v) is 6.97. The van der Waals surface area contributed by atoms with Crippen LogP contribution in [0.2, 0.25) is 0 Å². The molecule has 2 aliphatic heterocycles. The summed E-state index contributed by atoms with van der Waals surface area (Å²) in [6.07, 6.45) is 0.342. The number of piperazine rings is 2. The second kappa shape index (κ2) is 21.4. The molecule has 6 rings (SSSR count). The molecular formula is C46H52N6O10. The Kier molecular flexibility index (Phi) is 15.5. The highest BCUT2D eigenvalue weighted by molar-refractivity contribution is 6.00. The van der Waals surface area contributed by atoms with E-state index < -0.39 is 73.2 Å². The number of nitrogens with zero attached hydrogens (tertiary/aromatic N) is 4. The third-order valence-corrected chi connectivity index (χ3v) is 10.9. The molecule has 2 aliphatic rings. The van der Waals surface area contributed by atoms with Gasteiger partial charge in [-0.05, 0) is 73.2 Å². The van der Waals surface area contributed by atoms with Gasteiger partial charge in [-0.15, -0.1) is 0 Å². The minimum atomic E-state index is -1.03. The molecule has 2 heterocycles. The van der Waals surface area contributed by atoms with Crippen LogP contribution in [0, 0.1) is 0 Å². The van der Waals surface area contributed by atoms with Crippen LogP contribution < -0.4 is 20.9 Å². The highest BCUT2D eigenvalue weighted by Gasteiger charge is 2.40. The zero-order chi connectivity index (χ0) is 44.2. The molecule has 0 aromatic heterocycles. The Balaban J connectivity index is 0.893. The molecule has 326 valence electrons. The maximum atomic E-state index is 13.1. The monoisotopic (exact) mass is 848 g/mol. The summed E-state index contributed by atoms with van der Waals surface area (Å²) in [7, 11) is 0. The van der Waals surface area contributed by atoms with Gasteiger partial charge in [0.25, 0.3) is 0 Å². The molecule has 0 saturated carbocycles. The number of hydrogen-bond acceptors (Lipinski definition) is 14. The number of imide groups is 2. The molecule has 16 heteroatoms. The van der Waals surface area contributed by atoms with Crippen LogP contribution in [0.15, 0.2) is 109 Å². The lowest BCUT2D eigenvalue weighted by Crippen LogP contribution is -2.63. The van der Waals surface area contributed by atoms with Gasteiger partial charge in [-0.1, -0.05) is 84.9 Å². The number of rotatable bonds is 19. The summed E-state index contributed by atoms with van der Waals surface area (Å²) in [5, 5.41) is 0. The number of esters is 2. The van der Waals surface area contributed by atoms with Gasteiger partial charge in [0.15, 0.2) is 13.5 Å². The minimum absolute atomic E-state index is 0.163. The molecule has 2 saturated heterocycles. The number of carbonyl (C=O) groups is 6. The summed E-state index contributed by atoms with van der Waals surface area (Å²) < 4.78 is 22.2. The van der Waals surface area contributed by atoms with Crippen molar-refractivity contribution in [2.45, 2.75) is 64.1 Å². The Morgan fingerprint density at radius 2 is 0.823 bits per heavy atom. The molecule has 4 N–H and O–H groups in total. The Labute approximate surface area is 360 Å². The first-order valence-corrected chi connectivity index (χ1v) is 20.3. The van der Waals surface area contributed by atoms with Crippen molar-refractivity contribution in [3.05, 3.63) is 131 Å². The molecule has 4 atom stereocenters. The molecule has 62 heavy (non-hydrogen) atoms. The van der Waals surface area contributed by atoms with Gasteiger partial charge in [0.1, 0.15) is 36.8 Å². The summed E-state index contributed by atoms with van der Waals surface area (Å²) >= 11 is 0. The topological polar surface area (TPSA) is 204 Å². The van der Waals surface area contributed by atoms with Crippen molar-refractivity contribution in [1.29, 1.82) is 0 Å². The van der Waals surface area contributed by atoms with Crippen molar-refractivity contribution < 1.29 is 47.7 Å². The maximum absolute atomic E-state index is 13.1. The Hall–Kier alpha value is -6.46. The molecule has 4 unspecified atom stereocenters. The van der Waals surface area contributed by atoms with Crippen molar-refractivity contribution in [3.63, 3.8) is 0 Å². The zero-order valence-corrected chi connectivity index (χ0v) is 34.8. The van der Waals surface area contributed by atoms with Gasteiger partial charge in [-0.3, -0.25) is 38.6 Å². The molecule has 2 fully saturated rings. The summed E-state index contributed by atoms with van der Waals surface area (Å²) in [6.45, 7) is 2.61. The largest absolute Gasteiger partial charge is 0.489 e. The van der Waals surface area contributed by atoms with E-state index in [0.717, 1.165) is 32.1 Å². The van der Waals surface area contributed by atoms with Crippen LogP contribution in [-0.2, 0) is 64.3 Å². The average molecular weight is 849 g/mol. The predicted molar refractivity (Wildman–Crippen MR) is 225 cm³/mol. The van der Waals surface area contributed by atoms with Crippen molar-refractivity contribution >= 4 is 35.6 Å². The number of benzene rings is 4. The lowest BCUT2D eigenvalue weighted by Gasteiger charge is -2.43. The van der Waals surface area contributed by atoms with E-state index in [4.69, 9.17) is 30.4 Å². The standard InChI is InChI=1S/C46H52N6O10/c1-31(49-23-41(53)51(42(54)24-49)29-61-45(57)39(47)21-33-13-17-37(18-14-33)59-27-35-9-5-3-6-10-35)32(2)50-25-43(55)52(44(56)26-50)30-62-46(58)40(48)22-34-15-19-38(20-16-34)60-28-36-11-7-4-8-12-36/h3-20,31-32,39-40H,21-30,47-48H2,1-2H3. The van der Waals surface area contributed by atoms with Crippen LogP contribution in [-0.4, -0.2) is 119 Å². The van der Waals surface area contributed by atoms with E-state index >= 15 is 0 Å². The van der Waals surface area contributed by atoms with Crippen LogP contribution in [0.3, 0.4) is 0 Å². The first kappa shape index (κ1) is 45.1. The van der Waals surface area contributed by atoms with Crippen molar-refractivity contribution in [2.24, 2.45) is 11.5 Å². The maximum Gasteiger partial charge on any atom is 0.324 e. The SMILES string of the molecule is CC(C(C)N1CC(=O)N(COC(=O)C(N)Cc2ccc(OCc3ccccc3)cc2)C(=O)C1)N1CC(=O)N(COC(=O)C(N)Cc2ccc(OCc3ccccc3)cc2)C(=O)C1. The molecule has 4 aromatic carbocycles. The van der Waals surface area contributed by atoms with Gasteiger partial charge in [0.05, 0.1) is 26.2 Å². The summed E-state index contributed by atoms with van der Waals surface area (Å²) in [5.74, 6) is -2.50. The number of hydrogen-bond donors (Lipinski definition) is 2. The zero-order valence-electron chi connectivity index (χ0n) is 34.8.